The summed E-state index contributed by atoms with van der Waals surface area (Å²) in [7, 11) is 0. The molecule has 0 spiro atoms. The summed E-state index contributed by atoms with van der Waals surface area (Å²) in [5.74, 6) is -3.37. The quantitative estimate of drug-likeness (QED) is 0.190. The van der Waals surface area contributed by atoms with E-state index in [4.69, 9.17) is 0 Å². The van der Waals surface area contributed by atoms with Gasteiger partial charge in [0, 0.05) is 5.39 Å². The van der Waals surface area contributed by atoms with Gasteiger partial charge in [0.05, 0.1) is 35.4 Å². The molecular formula is C36H27F2N3O3. The third kappa shape index (κ3) is 5.83. The fraction of sp³-hybridized carbons (Fsp3) is 0.0833. The van der Waals surface area contributed by atoms with Gasteiger partial charge in [0.25, 0.3) is 5.91 Å². The van der Waals surface area contributed by atoms with Crippen molar-refractivity contribution in [3.05, 3.63) is 149 Å². The number of amides is 1. The van der Waals surface area contributed by atoms with E-state index < -0.39 is 29.6 Å². The molecule has 0 aliphatic heterocycles. The van der Waals surface area contributed by atoms with Crippen LogP contribution >= 0.6 is 0 Å². The molecule has 6 rings (SSSR count). The maximum absolute atomic E-state index is 14.2. The van der Waals surface area contributed by atoms with E-state index in [1.54, 1.807) is 42.1 Å². The van der Waals surface area contributed by atoms with Crippen LogP contribution in [0.1, 0.15) is 44.8 Å². The number of carboxylic acid groups (broad SMARTS) is 1. The molecule has 0 unspecified atom stereocenters. The Morgan fingerprint density at radius 1 is 0.795 bits per heavy atom. The summed E-state index contributed by atoms with van der Waals surface area (Å²) in [5, 5.41) is 17.5. The van der Waals surface area contributed by atoms with E-state index in [-0.39, 0.29) is 5.56 Å². The Hall–Kier alpha value is -5.63. The molecule has 6 nitrogen and oxygen atoms in total. The molecule has 6 aromatic rings. The maximum Gasteiger partial charge on any atom is 0.335 e. The van der Waals surface area contributed by atoms with Crippen molar-refractivity contribution in [3.8, 4) is 22.3 Å². The number of carboxylic acids is 1. The Morgan fingerprint density at radius 2 is 1.52 bits per heavy atom. The van der Waals surface area contributed by atoms with Crippen LogP contribution in [0.25, 0.3) is 33.2 Å². The molecule has 0 saturated heterocycles. The van der Waals surface area contributed by atoms with Crippen molar-refractivity contribution in [2.75, 3.05) is 0 Å². The number of hydrogen-bond donors (Lipinski definition) is 2. The molecule has 0 radical (unpaired) electrons. The molecule has 1 atom stereocenters. The van der Waals surface area contributed by atoms with Crippen LogP contribution in [0.2, 0.25) is 0 Å². The zero-order valence-electron chi connectivity index (χ0n) is 23.7. The molecule has 0 bridgehead atoms. The molecular weight excluding hydrogens is 560 g/mol. The highest BCUT2D eigenvalue weighted by atomic mass is 19.2. The van der Waals surface area contributed by atoms with Crippen LogP contribution in [0.15, 0.2) is 115 Å². The van der Waals surface area contributed by atoms with Gasteiger partial charge in [-0.2, -0.15) is 5.10 Å². The Balaban J connectivity index is 1.39. The normalized spacial score (nSPS) is 11.8. The van der Waals surface area contributed by atoms with Gasteiger partial charge >= 0.3 is 5.97 Å². The number of fused-ring (bicyclic) bond motifs is 1. The summed E-state index contributed by atoms with van der Waals surface area (Å²) in [6.45, 7) is 2.19. The first kappa shape index (κ1) is 28.5. The van der Waals surface area contributed by atoms with Gasteiger partial charge in [-0.1, -0.05) is 66.7 Å². The average Bonchev–Trinajstić information content (AvgIpc) is 3.44. The first-order valence-electron chi connectivity index (χ1n) is 14.0. The summed E-state index contributed by atoms with van der Waals surface area (Å²) >= 11 is 0. The van der Waals surface area contributed by atoms with Crippen LogP contribution < -0.4 is 5.32 Å². The first-order chi connectivity index (χ1) is 21.3. The molecule has 0 saturated carbocycles. The number of benzene rings is 5. The lowest BCUT2D eigenvalue weighted by atomic mass is 9.99. The number of carbonyl (C=O) groups is 2. The molecule has 44 heavy (non-hydrogen) atoms. The topological polar surface area (TPSA) is 84.2 Å². The van der Waals surface area contributed by atoms with Gasteiger partial charge in [-0.3, -0.25) is 9.48 Å². The highest BCUT2D eigenvalue weighted by Gasteiger charge is 2.20. The average molecular weight is 588 g/mol. The van der Waals surface area contributed by atoms with E-state index in [0.29, 0.717) is 34.1 Å². The van der Waals surface area contributed by atoms with E-state index >= 15 is 0 Å². The molecule has 218 valence electrons. The first-order valence-corrected chi connectivity index (χ1v) is 14.0. The number of carbonyl (C=O) groups excluding carboxylic acids is 1. The number of nitrogens with zero attached hydrogens (tertiary/aromatic N) is 2. The number of nitrogens with one attached hydrogen (secondary N) is 1. The third-order valence-corrected chi connectivity index (χ3v) is 7.60. The van der Waals surface area contributed by atoms with Gasteiger partial charge < -0.3 is 10.4 Å². The summed E-state index contributed by atoms with van der Waals surface area (Å²) in [6, 6.07) is 31.0. The van der Waals surface area contributed by atoms with Crippen LogP contribution in [0.3, 0.4) is 0 Å². The van der Waals surface area contributed by atoms with Crippen LogP contribution in [-0.2, 0) is 6.54 Å². The van der Waals surface area contributed by atoms with E-state index in [1.807, 2.05) is 48.5 Å². The highest BCUT2D eigenvalue weighted by molar-refractivity contribution is 6.07. The lowest BCUT2D eigenvalue weighted by Gasteiger charge is -2.17. The lowest BCUT2D eigenvalue weighted by Crippen LogP contribution is -2.27. The summed E-state index contributed by atoms with van der Waals surface area (Å²) in [4.78, 5) is 25.1. The molecule has 0 aliphatic rings. The number of rotatable bonds is 8. The predicted molar refractivity (Wildman–Crippen MR) is 165 cm³/mol. The predicted octanol–water partition coefficient (Wildman–Crippen LogP) is 7.89. The van der Waals surface area contributed by atoms with E-state index in [0.717, 1.165) is 34.4 Å². The zero-order chi connectivity index (χ0) is 30.8. The molecule has 0 fully saturated rings. The smallest absolute Gasteiger partial charge is 0.335 e. The number of aromatic carboxylic acids is 1. The van der Waals surface area contributed by atoms with Crippen molar-refractivity contribution in [1.29, 1.82) is 0 Å². The standard InChI is InChI=1S/C36H27F2N3O3/c1-22(24-10-12-26(13-11-24)36(43)44)40-35(42)31-18-29(28-14-15-32(37)33(38)19-28)17-30-20-39-41(34(30)31)21-23-6-5-9-27(16-23)25-7-3-2-4-8-25/h2-20,22H,21H2,1H3,(H,40,42)(H,43,44)/t22-/m0/s1. The van der Waals surface area contributed by atoms with Crippen LogP contribution in [-0.4, -0.2) is 26.8 Å². The minimum absolute atomic E-state index is 0.147. The maximum atomic E-state index is 14.2. The van der Waals surface area contributed by atoms with Gasteiger partial charge in [-0.25, -0.2) is 13.6 Å². The Morgan fingerprint density at radius 3 is 2.25 bits per heavy atom. The number of hydrogen-bond acceptors (Lipinski definition) is 3. The summed E-state index contributed by atoms with van der Waals surface area (Å²) in [5.41, 5.74) is 5.85. The van der Waals surface area contributed by atoms with Crippen LogP contribution in [0.4, 0.5) is 8.78 Å². The second kappa shape index (κ2) is 11.9. The van der Waals surface area contributed by atoms with Crippen molar-refractivity contribution >= 4 is 22.8 Å². The van der Waals surface area contributed by atoms with Crippen molar-refractivity contribution < 1.29 is 23.5 Å². The lowest BCUT2D eigenvalue weighted by molar-refractivity contribution is 0.0696. The van der Waals surface area contributed by atoms with Gasteiger partial charge in [-0.05, 0) is 82.8 Å². The fourth-order valence-electron chi connectivity index (χ4n) is 5.29. The third-order valence-electron chi connectivity index (χ3n) is 7.60. The monoisotopic (exact) mass is 587 g/mol. The Bertz CT molecular complexity index is 2000. The van der Waals surface area contributed by atoms with Crippen molar-refractivity contribution in [2.24, 2.45) is 0 Å². The van der Waals surface area contributed by atoms with Gasteiger partial charge in [0.2, 0.25) is 0 Å². The molecule has 0 aliphatic carbocycles. The molecule has 8 heteroatoms. The summed E-state index contributed by atoms with van der Waals surface area (Å²) in [6.07, 6.45) is 1.66. The molecule has 1 aromatic heterocycles. The zero-order valence-corrected chi connectivity index (χ0v) is 23.7. The Kier molecular flexibility index (Phi) is 7.72. The van der Waals surface area contributed by atoms with E-state index in [1.165, 1.54) is 18.2 Å². The number of halogens is 2. The number of aromatic nitrogens is 2. The molecule has 5 aromatic carbocycles. The van der Waals surface area contributed by atoms with Crippen molar-refractivity contribution in [1.82, 2.24) is 15.1 Å². The highest BCUT2D eigenvalue weighted by Crippen LogP contribution is 2.30. The van der Waals surface area contributed by atoms with Gasteiger partial charge in [-0.15, -0.1) is 0 Å². The minimum atomic E-state index is -1.03. The molecule has 1 amide bonds. The fourth-order valence-corrected chi connectivity index (χ4v) is 5.29. The molecule has 1 heterocycles. The van der Waals surface area contributed by atoms with E-state index in [9.17, 15) is 23.5 Å². The van der Waals surface area contributed by atoms with Crippen molar-refractivity contribution in [3.63, 3.8) is 0 Å². The van der Waals surface area contributed by atoms with Crippen LogP contribution in [0, 0.1) is 11.6 Å². The second-order valence-electron chi connectivity index (χ2n) is 10.6. The van der Waals surface area contributed by atoms with Crippen LogP contribution in [0.5, 0.6) is 0 Å². The SMILES string of the molecule is C[C@H](NC(=O)c1cc(-c2ccc(F)c(F)c2)cc2cnn(Cc3cccc(-c4ccccc4)c3)c12)c1ccc(C(=O)O)cc1. The molecule has 2 N–H and O–H groups in total. The second-order valence-corrected chi connectivity index (χ2v) is 10.6. The van der Waals surface area contributed by atoms with E-state index in [2.05, 4.69) is 16.5 Å². The largest absolute Gasteiger partial charge is 0.478 e. The van der Waals surface area contributed by atoms with Gasteiger partial charge in [0.15, 0.2) is 11.6 Å². The summed E-state index contributed by atoms with van der Waals surface area (Å²) < 4.78 is 29.6. The van der Waals surface area contributed by atoms with Gasteiger partial charge in [0.1, 0.15) is 0 Å². The Labute approximate surface area is 252 Å². The van der Waals surface area contributed by atoms with Crippen molar-refractivity contribution in [2.45, 2.75) is 19.5 Å². The minimum Gasteiger partial charge on any atom is -0.478 e.